The molecule has 1 unspecified atom stereocenters. The van der Waals surface area contributed by atoms with Gasteiger partial charge in [-0.25, -0.2) is 0 Å². The van der Waals surface area contributed by atoms with Crippen LogP contribution in [-0.2, 0) is 21.9 Å². The Bertz CT molecular complexity index is 1020. The lowest BCUT2D eigenvalue weighted by Gasteiger charge is -2.32. The maximum absolute atomic E-state index is 13.4. The van der Waals surface area contributed by atoms with Crippen molar-refractivity contribution in [2.75, 3.05) is 12.9 Å². The van der Waals surface area contributed by atoms with Crippen LogP contribution in [0, 0.1) is 10.1 Å². The summed E-state index contributed by atoms with van der Waals surface area (Å²) in [5, 5.41) is 14.1. The number of hydrogen-bond acceptors (Lipinski definition) is 6. The largest absolute Gasteiger partial charge is 0.497 e. The van der Waals surface area contributed by atoms with Crippen LogP contribution in [0.2, 0.25) is 0 Å². The molecule has 2 aromatic rings. The quantitative estimate of drug-likeness (QED) is 0.313. The van der Waals surface area contributed by atoms with Crippen molar-refractivity contribution in [1.82, 2.24) is 10.2 Å². The molecule has 0 heterocycles. The van der Waals surface area contributed by atoms with Crippen molar-refractivity contribution in [3.05, 3.63) is 69.8 Å². The second-order valence-electron chi connectivity index (χ2n) is 9.06. The molecule has 0 radical (unpaired) electrons. The third-order valence-corrected chi connectivity index (χ3v) is 7.45. The highest BCUT2D eigenvalue weighted by molar-refractivity contribution is 7.99. The maximum atomic E-state index is 13.4. The predicted octanol–water partition coefficient (Wildman–Crippen LogP) is 5.09. The van der Waals surface area contributed by atoms with Crippen LogP contribution in [0.5, 0.6) is 5.75 Å². The van der Waals surface area contributed by atoms with E-state index in [0.717, 1.165) is 36.8 Å². The highest BCUT2D eigenvalue weighted by Crippen LogP contribution is 2.22. The Morgan fingerprint density at radius 2 is 1.86 bits per heavy atom. The average Bonchev–Trinajstić information content (AvgIpc) is 2.89. The van der Waals surface area contributed by atoms with Crippen LogP contribution in [0.3, 0.4) is 0 Å². The van der Waals surface area contributed by atoms with E-state index in [2.05, 4.69) is 5.32 Å². The predicted molar refractivity (Wildman–Crippen MR) is 142 cm³/mol. The zero-order valence-corrected chi connectivity index (χ0v) is 21.8. The van der Waals surface area contributed by atoms with E-state index in [1.165, 1.54) is 30.3 Å². The van der Waals surface area contributed by atoms with Crippen LogP contribution < -0.4 is 10.1 Å². The number of non-ortho nitro benzene ring substituents is 1. The molecule has 1 fully saturated rings. The number of nitrogens with one attached hydrogen (secondary N) is 1. The molecule has 0 aromatic heterocycles. The van der Waals surface area contributed by atoms with Crippen molar-refractivity contribution in [2.24, 2.45) is 0 Å². The van der Waals surface area contributed by atoms with E-state index >= 15 is 0 Å². The molecule has 1 aliphatic rings. The normalized spacial score (nSPS) is 14.6. The number of benzene rings is 2. The first-order valence-corrected chi connectivity index (χ1v) is 13.6. The first kappa shape index (κ1) is 27.5. The zero-order valence-electron chi connectivity index (χ0n) is 21.0. The number of carbonyl (C=O) groups is 2. The Morgan fingerprint density at radius 1 is 1.14 bits per heavy atom. The summed E-state index contributed by atoms with van der Waals surface area (Å²) in [5.74, 6) is 1.24. The summed E-state index contributed by atoms with van der Waals surface area (Å²) < 4.78 is 5.34. The molecular weight excluding hydrogens is 478 g/mol. The van der Waals surface area contributed by atoms with E-state index in [-0.39, 0.29) is 29.3 Å². The lowest BCUT2D eigenvalue weighted by Crippen LogP contribution is -2.52. The summed E-state index contributed by atoms with van der Waals surface area (Å²) in [5.41, 5.74) is 1.84. The molecular formula is C27H35N3O5S. The molecule has 0 aliphatic heterocycles. The van der Waals surface area contributed by atoms with Crippen molar-refractivity contribution < 1.29 is 19.2 Å². The fourth-order valence-electron chi connectivity index (χ4n) is 4.48. The molecule has 3 rings (SSSR count). The highest BCUT2D eigenvalue weighted by atomic mass is 32.2. The minimum atomic E-state index is -0.564. The monoisotopic (exact) mass is 513 g/mol. The number of thioether (sulfide) groups is 1. The van der Waals surface area contributed by atoms with Crippen LogP contribution in [0.15, 0.2) is 48.5 Å². The third-order valence-electron chi connectivity index (χ3n) is 6.47. The highest BCUT2D eigenvalue weighted by Gasteiger charge is 2.30. The molecule has 0 saturated heterocycles. The molecule has 36 heavy (non-hydrogen) atoms. The third kappa shape index (κ3) is 7.98. The fourth-order valence-corrected chi connectivity index (χ4v) is 5.35. The van der Waals surface area contributed by atoms with E-state index in [0.29, 0.717) is 24.5 Å². The van der Waals surface area contributed by atoms with Crippen LogP contribution in [0.1, 0.15) is 56.6 Å². The standard InChI is InChI=1S/C27H35N3O5S/c1-3-25(27(32)28-22-9-5-4-6-10-22)29(17-21-8-7-11-24(16-21)35-2)26(31)19-36-18-20-12-14-23(15-13-20)30(33)34/h7-8,11-16,22,25H,3-6,9-10,17-19H2,1-2H3,(H,28,32). The van der Waals surface area contributed by atoms with Gasteiger partial charge in [0.2, 0.25) is 11.8 Å². The molecule has 9 heteroatoms. The first-order chi connectivity index (χ1) is 17.4. The lowest BCUT2D eigenvalue weighted by molar-refractivity contribution is -0.384. The summed E-state index contributed by atoms with van der Waals surface area (Å²) in [4.78, 5) is 38.8. The smallest absolute Gasteiger partial charge is 0.269 e. The molecule has 194 valence electrons. The van der Waals surface area contributed by atoms with Crippen LogP contribution in [-0.4, -0.2) is 46.6 Å². The summed E-state index contributed by atoms with van der Waals surface area (Å²) in [7, 11) is 1.60. The topological polar surface area (TPSA) is 102 Å². The first-order valence-electron chi connectivity index (χ1n) is 12.4. The lowest BCUT2D eigenvalue weighted by atomic mass is 9.95. The number of hydrogen-bond donors (Lipinski definition) is 1. The second kappa shape index (κ2) is 13.9. The minimum Gasteiger partial charge on any atom is -0.497 e. The Kier molecular flexibility index (Phi) is 10.6. The summed E-state index contributed by atoms with van der Waals surface area (Å²) >= 11 is 1.43. The van der Waals surface area contributed by atoms with Gasteiger partial charge in [0.1, 0.15) is 11.8 Å². The van der Waals surface area contributed by atoms with Gasteiger partial charge in [-0.1, -0.05) is 50.5 Å². The SMILES string of the molecule is CCC(C(=O)NC1CCCCC1)N(Cc1cccc(OC)c1)C(=O)CSCc1ccc([N+](=O)[O-])cc1. The van der Waals surface area contributed by atoms with Crippen molar-refractivity contribution >= 4 is 29.3 Å². The number of rotatable bonds is 12. The number of nitro benzene ring substituents is 1. The van der Waals surface area contributed by atoms with E-state index in [4.69, 9.17) is 4.74 Å². The van der Waals surface area contributed by atoms with Crippen molar-refractivity contribution in [1.29, 1.82) is 0 Å². The van der Waals surface area contributed by atoms with E-state index in [9.17, 15) is 19.7 Å². The number of nitro groups is 1. The van der Waals surface area contributed by atoms with Gasteiger partial charge in [0.05, 0.1) is 17.8 Å². The van der Waals surface area contributed by atoms with Gasteiger partial charge in [-0.05, 0) is 42.5 Å². The van der Waals surface area contributed by atoms with E-state index < -0.39 is 11.0 Å². The molecule has 1 saturated carbocycles. The molecule has 0 bridgehead atoms. The Balaban J connectivity index is 1.70. The van der Waals surface area contributed by atoms with Gasteiger partial charge >= 0.3 is 0 Å². The summed E-state index contributed by atoms with van der Waals surface area (Å²) in [6, 6.07) is 13.5. The van der Waals surface area contributed by atoms with Crippen LogP contribution in [0.25, 0.3) is 0 Å². The molecule has 2 amide bonds. The van der Waals surface area contributed by atoms with Crippen LogP contribution in [0.4, 0.5) is 5.69 Å². The van der Waals surface area contributed by atoms with E-state index in [1.807, 2.05) is 31.2 Å². The van der Waals surface area contributed by atoms with Crippen molar-refractivity contribution in [3.63, 3.8) is 0 Å². The Hall–Kier alpha value is -3.07. The Labute approximate surface area is 216 Å². The molecule has 8 nitrogen and oxygen atoms in total. The summed E-state index contributed by atoms with van der Waals surface area (Å²) in [6.07, 6.45) is 5.92. The molecule has 1 N–H and O–H groups in total. The van der Waals surface area contributed by atoms with Crippen LogP contribution >= 0.6 is 11.8 Å². The van der Waals surface area contributed by atoms with Gasteiger partial charge in [0.25, 0.3) is 5.69 Å². The molecule has 2 aromatic carbocycles. The fraction of sp³-hybridized carbons (Fsp3) is 0.481. The zero-order chi connectivity index (χ0) is 25.9. The van der Waals surface area contributed by atoms with Gasteiger partial charge in [-0.15, -0.1) is 11.8 Å². The van der Waals surface area contributed by atoms with Gasteiger partial charge in [0.15, 0.2) is 0 Å². The molecule has 0 spiro atoms. The number of ether oxygens (including phenoxy) is 1. The maximum Gasteiger partial charge on any atom is 0.269 e. The van der Waals surface area contributed by atoms with Crippen molar-refractivity contribution in [3.8, 4) is 5.75 Å². The average molecular weight is 514 g/mol. The molecule has 1 aliphatic carbocycles. The van der Waals surface area contributed by atoms with Crippen molar-refractivity contribution in [2.45, 2.75) is 69.8 Å². The van der Waals surface area contributed by atoms with Gasteiger partial charge in [-0.2, -0.15) is 0 Å². The Morgan fingerprint density at radius 3 is 2.50 bits per heavy atom. The number of methoxy groups -OCH3 is 1. The van der Waals surface area contributed by atoms with Gasteiger partial charge < -0.3 is 15.0 Å². The number of nitrogens with zero attached hydrogens (tertiary/aromatic N) is 2. The number of amides is 2. The van der Waals surface area contributed by atoms with Gasteiger partial charge in [-0.3, -0.25) is 19.7 Å². The second-order valence-corrected chi connectivity index (χ2v) is 10.0. The summed E-state index contributed by atoms with van der Waals surface area (Å²) in [6.45, 7) is 2.24. The number of carbonyl (C=O) groups excluding carboxylic acids is 2. The molecule has 1 atom stereocenters. The van der Waals surface area contributed by atoms with E-state index in [1.54, 1.807) is 24.1 Å². The van der Waals surface area contributed by atoms with Gasteiger partial charge in [0, 0.05) is 30.5 Å². The minimum absolute atomic E-state index is 0.0408.